The fourth-order valence-corrected chi connectivity index (χ4v) is 0.691. The molecule has 0 atom stereocenters. The fourth-order valence-electron chi connectivity index (χ4n) is 0.691. The van der Waals surface area contributed by atoms with Crippen molar-refractivity contribution < 1.29 is 13.2 Å². The van der Waals surface area contributed by atoms with Crippen molar-refractivity contribution in [3.05, 3.63) is 29.6 Å². The second kappa shape index (κ2) is 5.28. The van der Waals surface area contributed by atoms with Gasteiger partial charge < -0.3 is 0 Å². The Labute approximate surface area is 81.0 Å². The summed E-state index contributed by atoms with van der Waals surface area (Å²) < 4.78 is 35.7. The van der Waals surface area contributed by atoms with Gasteiger partial charge in [-0.3, -0.25) is 4.98 Å². The van der Waals surface area contributed by atoms with E-state index in [-0.39, 0.29) is 0 Å². The Hall–Kier alpha value is -1.50. The molecule has 1 rings (SSSR count). The molecule has 0 bridgehead atoms. The van der Waals surface area contributed by atoms with Crippen LogP contribution in [0.5, 0.6) is 0 Å². The molecule has 0 aliphatic rings. The molecule has 0 aromatic carbocycles. The van der Waals surface area contributed by atoms with E-state index in [1.165, 1.54) is 6.07 Å². The van der Waals surface area contributed by atoms with E-state index in [2.05, 4.69) is 17.3 Å². The zero-order valence-electron chi connectivity index (χ0n) is 7.89. The van der Waals surface area contributed by atoms with Crippen molar-refractivity contribution in [1.82, 2.24) is 4.98 Å². The van der Waals surface area contributed by atoms with Crippen molar-refractivity contribution in [2.45, 2.75) is 20.0 Å². The van der Waals surface area contributed by atoms with Gasteiger partial charge in [-0.25, -0.2) is 0 Å². The SMILES string of the molecule is C#CC.Cc1ccnc(C(F)(F)F)c1. The summed E-state index contributed by atoms with van der Waals surface area (Å²) in [6.07, 6.45) is 1.42. The Morgan fingerprint density at radius 3 is 2.21 bits per heavy atom. The van der Waals surface area contributed by atoms with Crippen LogP contribution in [-0.2, 0) is 6.18 Å². The monoisotopic (exact) mass is 201 g/mol. The molecule has 1 aromatic rings. The number of terminal acetylenes is 1. The molecule has 14 heavy (non-hydrogen) atoms. The molecule has 0 saturated heterocycles. The first-order valence-corrected chi connectivity index (χ1v) is 3.79. The van der Waals surface area contributed by atoms with Crippen LogP contribution >= 0.6 is 0 Å². The van der Waals surface area contributed by atoms with Crippen LogP contribution in [0.25, 0.3) is 0 Å². The topological polar surface area (TPSA) is 12.9 Å². The van der Waals surface area contributed by atoms with Crippen LogP contribution in [0.2, 0.25) is 0 Å². The van der Waals surface area contributed by atoms with Crippen LogP contribution in [0.15, 0.2) is 18.3 Å². The quantitative estimate of drug-likeness (QED) is 0.588. The Balaban J connectivity index is 0.000000500. The van der Waals surface area contributed by atoms with E-state index >= 15 is 0 Å². The predicted molar refractivity (Wildman–Crippen MR) is 48.5 cm³/mol. The first kappa shape index (κ1) is 12.5. The second-order valence-corrected chi connectivity index (χ2v) is 2.50. The molecule has 0 spiro atoms. The van der Waals surface area contributed by atoms with Crippen LogP contribution < -0.4 is 0 Å². The third-order valence-corrected chi connectivity index (χ3v) is 1.21. The lowest BCUT2D eigenvalue weighted by molar-refractivity contribution is -0.141. The zero-order valence-corrected chi connectivity index (χ0v) is 7.89. The summed E-state index contributed by atoms with van der Waals surface area (Å²) in [5.74, 6) is 2.25. The molecular formula is C10H10F3N. The van der Waals surface area contributed by atoms with Gasteiger partial charge in [0.1, 0.15) is 5.69 Å². The van der Waals surface area contributed by atoms with Crippen molar-refractivity contribution in [3.63, 3.8) is 0 Å². The number of alkyl halides is 3. The molecule has 1 nitrogen and oxygen atoms in total. The summed E-state index contributed by atoms with van der Waals surface area (Å²) >= 11 is 0. The number of rotatable bonds is 0. The highest BCUT2D eigenvalue weighted by molar-refractivity contribution is 5.16. The van der Waals surface area contributed by atoms with Gasteiger partial charge in [0.2, 0.25) is 0 Å². The summed E-state index contributed by atoms with van der Waals surface area (Å²) in [5, 5.41) is 0. The lowest BCUT2D eigenvalue weighted by Gasteiger charge is -2.04. The van der Waals surface area contributed by atoms with Crippen molar-refractivity contribution in [2.75, 3.05) is 0 Å². The van der Waals surface area contributed by atoms with E-state index < -0.39 is 11.9 Å². The largest absolute Gasteiger partial charge is 0.433 e. The maximum Gasteiger partial charge on any atom is 0.433 e. The average molecular weight is 201 g/mol. The highest BCUT2D eigenvalue weighted by Crippen LogP contribution is 2.27. The molecule has 4 heteroatoms. The number of halogens is 3. The van der Waals surface area contributed by atoms with Crippen molar-refractivity contribution in [3.8, 4) is 12.3 Å². The Morgan fingerprint density at radius 2 is 1.93 bits per heavy atom. The van der Waals surface area contributed by atoms with Crippen molar-refractivity contribution in [1.29, 1.82) is 0 Å². The van der Waals surface area contributed by atoms with Gasteiger partial charge >= 0.3 is 6.18 Å². The molecule has 0 aliphatic heterocycles. The molecule has 0 unspecified atom stereocenters. The average Bonchev–Trinajstić information content (AvgIpc) is 2.04. The summed E-state index contributed by atoms with van der Waals surface area (Å²) in [6.45, 7) is 3.25. The number of pyridine rings is 1. The molecular weight excluding hydrogens is 191 g/mol. The molecule has 0 fully saturated rings. The normalized spacial score (nSPS) is 9.71. The third kappa shape index (κ3) is 4.51. The van der Waals surface area contributed by atoms with Crippen molar-refractivity contribution in [2.24, 2.45) is 0 Å². The van der Waals surface area contributed by atoms with E-state index in [9.17, 15) is 13.2 Å². The van der Waals surface area contributed by atoms with E-state index in [4.69, 9.17) is 0 Å². The number of hydrogen-bond acceptors (Lipinski definition) is 1. The molecule has 0 aliphatic carbocycles. The maximum atomic E-state index is 11.9. The summed E-state index contributed by atoms with van der Waals surface area (Å²) in [5.41, 5.74) is -0.273. The first-order chi connectivity index (χ1) is 6.41. The minimum Gasteiger partial charge on any atom is -0.252 e. The predicted octanol–water partition coefficient (Wildman–Crippen LogP) is 3.05. The van der Waals surface area contributed by atoms with E-state index in [1.54, 1.807) is 13.8 Å². The molecule has 0 amide bonds. The highest BCUT2D eigenvalue weighted by atomic mass is 19.4. The van der Waals surface area contributed by atoms with E-state index in [0.717, 1.165) is 12.3 Å². The second-order valence-electron chi connectivity index (χ2n) is 2.50. The zero-order chi connectivity index (χ0) is 11.2. The number of nitrogens with zero attached hydrogens (tertiary/aromatic N) is 1. The minimum absolute atomic E-state index is 0.562. The minimum atomic E-state index is -4.33. The Morgan fingerprint density at radius 1 is 1.43 bits per heavy atom. The number of hydrogen-bond donors (Lipinski definition) is 0. The van der Waals surface area contributed by atoms with Gasteiger partial charge in [0.05, 0.1) is 0 Å². The van der Waals surface area contributed by atoms with Crippen LogP contribution in [0.4, 0.5) is 13.2 Å². The molecule has 76 valence electrons. The van der Waals surface area contributed by atoms with E-state index in [1.807, 2.05) is 0 Å². The van der Waals surface area contributed by atoms with Crippen LogP contribution in [0.1, 0.15) is 18.2 Å². The van der Waals surface area contributed by atoms with Crippen LogP contribution in [0.3, 0.4) is 0 Å². The van der Waals surface area contributed by atoms with Gasteiger partial charge in [0.25, 0.3) is 0 Å². The van der Waals surface area contributed by atoms with Gasteiger partial charge in [-0.05, 0) is 31.5 Å². The van der Waals surface area contributed by atoms with Crippen molar-refractivity contribution >= 4 is 0 Å². The van der Waals surface area contributed by atoms with Gasteiger partial charge in [0.15, 0.2) is 0 Å². The van der Waals surface area contributed by atoms with E-state index in [0.29, 0.717) is 5.56 Å². The number of aromatic nitrogens is 1. The molecule has 1 aromatic heterocycles. The highest BCUT2D eigenvalue weighted by Gasteiger charge is 2.31. The molecule has 0 saturated carbocycles. The van der Waals surface area contributed by atoms with Crippen LogP contribution in [0, 0.1) is 19.3 Å². The third-order valence-electron chi connectivity index (χ3n) is 1.21. The lowest BCUT2D eigenvalue weighted by Crippen LogP contribution is -2.07. The standard InChI is InChI=1S/C7H6F3N.C3H4/c1-5-2-3-11-6(4-5)7(8,9)10;1-3-2/h2-4H,1H3;1H,2H3. The fraction of sp³-hybridized carbons (Fsp3) is 0.300. The number of aryl methyl sites for hydroxylation is 1. The Bertz CT molecular complexity index is 323. The lowest BCUT2D eigenvalue weighted by atomic mass is 10.2. The summed E-state index contributed by atoms with van der Waals surface area (Å²) in [7, 11) is 0. The molecule has 0 radical (unpaired) electrons. The smallest absolute Gasteiger partial charge is 0.252 e. The summed E-state index contributed by atoms with van der Waals surface area (Å²) in [6, 6.07) is 2.54. The van der Waals surface area contributed by atoms with Crippen LogP contribution in [-0.4, -0.2) is 4.98 Å². The maximum absolute atomic E-state index is 11.9. The molecule has 1 heterocycles. The van der Waals surface area contributed by atoms with Gasteiger partial charge in [-0.2, -0.15) is 13.2 Å². The molecule has 0 N–H and O–H groups in total. The first-order valence-electron chi connectivity index (χ1n) is 3.79. The van der Waals surface area contributed by atoms with Gasteiger partial charge in [0, 0.05) is 6.20 Å². The van der Waals surface area contributed by atoms with Gasteiger partial charge in [-0.15, -0.1) is 12.3 Å². The Kier molecular flexibility index (Phi) is 4.71. The van der Waals surface area contributed by atoms with Gasteiger partial charge in [-0.1, -0.05) is 0 Å². The summed E-state index contributed by atoms with van der Waals surface area (Å²) in [4.78, 5) is 3.19.